The van der Waals surface area contributed by atoms with Gasteiger partial charge in [-0.05, 0) is 31.4 Å². The van der Waals surface area contributed by atoms with Gasteiger partial charge in [-0.15, -0.1) is 0 Å². The first-order valence-corrected chi connectivity index (χ1v) is 8.34. The summed E-state index contributed by atoms with van der Waals surface area (Å²) in [5.74, 6) is 3.35. The van der Waals surface area contributed by atoms with E-state index >= 15 is 0 Å². The van der Waals surface area contributed by atoms with Gasteiger partial charge < -0.3 is 20.1 Å². The molecule has 0 amide bonds. The molecule has 0 aromatic heterocycles. The summed E-state index contributed by atoms with van der Waals surface area (Å²) in [4.78, 5) is 4.26. The van der Waals surface area contributed by atoms with E-state index in [1.807, 2.05) is 0 Å². The Hall–Kier alpha value is -1.91. The quantitative estimate of drug-likeness (QED) is 0.625. The van der Waals surface area contributed by atoms with Gasteiger partial charge in [-0.3, -0.25) is 4.99 Å². The first kappa shape index (κ1) is 17.4. The van der Waals surface area contributed by atoms with Gasteiger partial charge in [0, 0.05) is 37.7 Å². The average Bonchev–Trinajstić information content (AvgIpc) is 2.88. The number of hydrogen-bond donors (Lipinski definition) is 2. The molecular formula is C18H29N3O2. The molecule has 0 saturated heterocycles. The van der Waals surface area contributed by atoms with Gasteiger partial charge >= 0.3 is 0 Å². The van der Waals surface area contributed by atoms with Crippen LogP contribution in [-0.4, -0.2) is 32.8 Å². The predicted octanol–water partition coefficient (Wildman–Crippen LogP) is 2.73. The van der Waals surface area contributed by atoms with E-state index in [2.05, 4.69) is 48.5 Å². The largest absolute Gasteiger partial charge is 0.496 e. The van der Waals surface area contributed by atoms with E-state index in [4.69, 9.17) is 9.47 Å². The van der Waals surface area contributed by atoms with Gasteiger partial charge in [0.1, 0.15) is 17.6 Å². The number of fused-ring (bicyclic) bond motifs is 1. The van der Waals surface area contributed by atoms with Crippen molar-refractivity contribution in [2.45, 2.75) is 46.3 Å². The van der Waals surface area contributed by atoms with Crippen molar-refractivity contribution in [2.24, 2.45) is 10.9 Å². The summed E-state index contributed by atoms with van der Waals surface area (Å²) in [7, 11) is 3.50. The molecule has 0 fully saturated rings. The number of methoxy groups -OCH3 is 1. The Labute approximate surface area is 139 Å². The fourth-order valence-corrected chi connectivity index (χ4v) is 2.69. The lowest BCUT2D eigenvalue weighted by molar-refractivity contribution is 0.254. The van der Waals surface area contributed by atoms with Gasteiger partial charge in [-0.1, -0.05) is 13.8 Å². The Bertz CT molecular complexity index is 555. The zero-order chi connectivity index (χ0) is 16.8. The molecule has 0 bridgehead atoms. The third-order valence-electron chi connectivity index (χ3n) is 3.98. The summed E-state index contributed by atoms with van der Waals surface area (Å²) >= 11 is 0. The molecule has 1 aromatic rings. The van der Waals surface area contributed by atoms with Crippen molar-refractivity contribution in [3.8, 4) is 11.5 Å². The lowest BCUT2D eigenvalue weighted by Crippen LogP contribution is -2.37. The van der Waals surface area contributed by atoms with Crippen LogP contribution in [0.5, 0.6) is 11.5 Å². The summed E-state index contributed by atoms with van der Waals surface area (Å²) in [6.07, 6.45) is 2.30. The van der Waals surface area contributed by atoms with Crippen molar-refractivity contribution in [2.75, 3.05) is 20.7 Å². The highest BCUT2D eigenvalue weighted by molar-refractivity contribution is 5.79. The molecule has 1 aliphatic heterocycles. The smallest absolute Gasteiger partial charge is 0.191 e. The van der Waals surface area contributed by atoms with E-state index in [0.29, 0.717) is 12.5 Å². The highest BCUT2D eigenvalue weighted by Gasteiger charge is 2.21. The van der Waals surface area contributed by atoms with Crippen LogP contribution in [-0.2, 0) is 13.0 Å². The van der Waals surface area contributed by atoms with Crippen molar-refractivity contribution in [1.82, 2.24) is 10.6 Å². The molecule has 1 heterocycles. The minimum atomic E-state index is 0.239. The average molecular weight is 319 g/mol. The topological polar surface area (TPSA) is 54.9 Å². The molecule has 1 unspecified atom stereocenters. The molecule has 2 N–H and O–H groups in total. The predicted molar refractivity (Wildman–Crippen MR) is 94.4 cm³/mol. The van der Waals surface area contributed by atoms with E-state index < -0.39 is 0 Å². The standard InChI is InChI=1S/C18H29N3O2/c1-12(2)6-7-20-18(19-4)21-11-15-10-17-14(8-13(3)23-17)9-16(15)22-5/h9-10,12-13H,6-8,11H2,1-5H3,(H2,19,20,21). The number of hydrogen-bond acceptors (Lipinski definition) is 3. The fourth-order valence-electron chi connectivity index (χ4n) is 2.69. The zero-order valence-corrected chi connectivity index (χ0v) is 14.9. The number of rotatable bonds is 6. The number of aliphatic imine (C=N–C) groups is 1. The molecule has 1 aliphatic rings. The molecule has 0 radical (unpaired) electrons. The molecule has 1 atom stereocenters. The molecule has 2 rings (SSSR count). The molecule has 5 heteroatoms. The van der Waals surface area contributed by atoms with Crippen LogP contribution in [0.1, 0.15) is 38.3 Å². The maximum absolute atomic E-state index is 5.84. The normalized spacial score (nSPS) is 17.0. The Morgan fingerprint density at radius 1 is 1.39 bits per heavy atom. The second-order valence-corrected chi connectivity index (χ2v) is 6.44. The van der Waals surface area contributed by atoms with Crippen LogP contribution in [0, 0.1) is 5.92 Å². The summed E-state index contributed by atoms with van der Waals surface area (Å²) in [6, 6.07) is 4.16. The van der Waals surface area contributed by atoms with Crippen LogP contribution in [0.4, 0.5) is 0 Å². The van der Waals surface area contributed by atoms with Gasteiger partial charge in [0.25, 0.3) is 0 Å². The van der Waals surface area contributed by atoms with Crippen molar-refractivity contribution in [1.29, 1.82) is 0 Å². The Kier molecular flexibility index (Phi) is 6.13. The number of ether oxygens (including phenoxy) is 2. The number of nitrogens with one attached hydrogen (secondary N) is 2. The van der Waals surface area contributed by atoms with Crippen LogP contribution in [0.25, 0.3) is 0 Å². The van der Waals surface area contributed by atoms with Gasteiger partial charge in [-0.25, -0.2) is 0 Å². The molecular weight excluding hydrogens is 290 g/mol. The van der Waals surface area contributed by atoms with Crippen LogP contribution in [0.3, 0.4) is 0 Å². The molecule has 0 saturated carbocycles. The summed E-state index contributed by atoms with van der Waals surface area (Å²) in [6.45, 7) is 8.09. The van der Waals surface area contributed by atoms with E-state index in [9.17, 15) is 0 Å². The van der Waals surface area contributed by atoms with Crippen LogP contribution in [0.15, 0.2) is 17.1 Å². The molecule has 1 aromatic carbocycles. The second kappa shape index (κ2) is 8.09. The minimum Gasteiger partial charge on any atom is -0.496 e. The first-order chi connectivity index (χ1) is 11.0. The SMILES string of the molecule is CN=C(NCCC(C)C)NCc1cc2c(cc1OC)CC(C)O2. The van der Waals surface area contributed by atoms with E-state index in [1.165, 1.54) is 5.56 Å². The van der Waals surface area contributed by atoms with Gasteiger partial charge in [0.05, 0.1) is 7.11 Å². The number of benzene rings is 1. The van der Waals surface area contributed by atoms with Crippen LogP contribution < -0.4 is 20.1 Å². The van der Waals surface area contributed by atoms with Crippen molar-refractivity contribution >= 4 is 5.96 Å². The molecule has 0 aliphatic carbocycles. The monoisotopic (exact) mass is 319 g/mol. The second-order valence-electron chi connectivity index (χ2n) is 6.44. The van der Waals surface area contributed by atoms with Gasteiger partial charge in [0.2, 0.25) is 0 Å². The van der Waals surface area contributed by atoms with Crippen molar-refractivity contribution in [3.05, 3.63) is 23.3 Å². The van der Waals surface area contributed by atoms with E-state index in [-0.39, 0.29) is 6.10 Å². The highest BCUT2D eigenvalue weighted by Crippen LogP contribution is 2.34. The summed E-state index contributed by atoms with van der Waals surface area (Å²) in [5.41, 5.74) is 2.30. The van der Waals surface area contributed by atoms with Gasteiger partial charge in [-0.2, -0.15) is 0 Å². The number of guanidine groups is 1. The molecule has 128 valence electrons. The maximum Gasteiger partial charge on any atom is 0.191 e. The molecule has 0 spiro atoms. The number of nitrogens with zero attached hydrogens (tertiary/aromatic N) is 1. The Morgan fingerprint density at radius 2 is 2.17 bits per heavy atom. The lowest BCUT2D eigenvalue weighted by Gasteiger charge is -2.15. The van der Waals surface area contributed by atoms with E-state index in [1.54, 1.807) is 14.2 Å². The zero-order valence-electron chi connectivity index (χ0n) is 14.9. The highest BCUT2D eigenvalue weighted by atomic mass is 16.5. The van der Waals surface area contributed by atoms with Gasteiger partial charge in [0.15, 0.2) is 5.96 Å². The maximum atomic E-state index is 5.84. The lowest BCUT2D eigenvalue weighted by atomic mass is 10.1. The summed E-state index contributed by atoms with van der Waals surface area (Å²) in [5, 5.41) is 6.67. The fraction of sp³-hybridized carbons (Fsp3) is 0.611. The third kappa shape index (κ3) is 4.78. The minimum absolute atomic E-state index is 0.239. The Balaban J connectivity index is 1.98. The molecule has 23 heavy (non-hydrogen) atoms. The van der Waals surface area contributed by atoms with Crippen molar-refractivity contribution < 1.29 is 9.47 Å². The third-order valence-corrected chi connectivity index (χ3v) is 3.98. The van der Waals surface area contributed by atoms with Crippen molar-refractivity contribution in [3.63, 3.8) is 0 Å². The molecule has 5 nitrogen and oxygen atoms in total. The summed E-state index contributed by atoms with van der Waals surface area (Å²) < 4.78 is 11.4. The van der Waals surface area contributed by atoms with Crippen LogP contribution in [0.2, 0.25) is 0 Å². The first-order valence-electron chi connectivity index (χ1n) is 8.34. The van der Waals surface area contributed by atoms with Crippen LogP contribution >= 0.6 is 0 Å². The Morgan fingerprint density at radius 3 is 2.83 bits per heavy atom. The van der Waals surface area contributed by atoms with E-state index in [0.717, 1.165) is 42.4 Å².